The first-order valence-corrected chi connectivity index (χ1v) is 8.32. The van der Waals surface area contributed by atoms with Gasteiger partial charge in [0, 0.05) is 37.2 Å². The highest BCUT2D eigenvalue weighted by atomic mass is 79.9. The van der Waals surface area contributed by atoms with Crippen LogP contribution in [0.25, 0.3) is 11.5 Å². The smallest absolute Gasteiger partial charge is 0.227 e. The fourth-order valence-electron chi connectivity index (χ4n) is 2.42. The SMILES string of the molecule is Brc1ccccc1-c1nc(CNCCN2CCOCC2)co1. The number of hydrogen-bond acceptors (Lipinski definition) is 5. The van der Waals surface area contributed by atoms with Gasteiger partial charge in [-0.15, -0.1) is 0 Å². The number of benzene rings is 1. The zero-order valence-corrected chi connectivity index (χ0v) is 14.0. The van der Waals surface area contributed by atoms with Crippen molar-refractivity contribution in [2.24, 2.45) is 0 Å². The van der Waals surface area contributed by atoms with Gasteiger partial charge in [0.15, 0.2) is 0 Å². The molecule has 0 bridgehead atoms. The molecule has 0 amide bonds. The lowest BCUT2D eigenvalue weighted by molar-refractivity contribution is 0.0384. The maximum absolute atomic E-state index is 5.57. The summed E-state index contributed by atoms with van der Waals surface area (Å²) in [7, 11) is 0. The first-order chi connectivity index (χ1) is 10.8. The Morgan fingerprint density at radius 3 is 2.86 bits per heavy atom. The molecule has 2 aromatic rings. The summed E-state index contributed by atoms with van der Waals surface area (Å²) in [5, 5.41) is 3.41. The van der Waals surface area contributed by atoms with Gasteiger partial charge in [-0.25, -0.2) is 4.98 Å². The molecule has 0 aliphatic carbocycles. The number of nitrogens with zero attached hydrogens (tertiary/aromatic N) is 2. The van der Waals surface area contributed by atoms with E-state index in [9.17, 15) is 0 Å². The van der Waals surface area contributed by atoms with Gasteiger partial charge in [0.1, 0.15) is 6.26 Å². The largest absolute Gasteiger partial charge is 0.444 e. The molecule has 0 atom stereocenters. The van der Waals surface area contributed by atoms with Crippen LogP contribution >= 0.6 is 15.9 Å². The number of aromatic nitrogens is 1. The number of nitrogens with one attached hydrogen (secondary N) is 1. The zero-order chi connectivity index (χ0) is 15.2. The lowest BCUT2D eigenvalue weighted by atomic mass is 10.2. The van der Waals surface area contributed by atoms with E-state index in [1.807, 2.05) is 24.3 Å². The van der Waals surface area contributed by atoms with Gasteiger partial charge in [0.05, 0.1) is 24.5 Å². The predicted molar refractivity (Wildman–Crippen MR) is 88.6 cm³/mol. The highest BCUT2D eigenvalue weighted by Crippen LogP contribution is 2.26. The number of rotatable bonds is 6. The van der Waals surface area contributed by atoms with Crippen molar-refractivity contribution in [3.05, 3.63) is 40.7 Å². The third-order valence-electron chi connectivity index (χ3n) is 3.67. The third kappa shape index (κ3) is 4.16. The minimum Gasteiger partial charge on any atom is -0.444 e. The van der Waals surface area contributed by atoms with Crippen molar-refractivity contribution in [3.63, 3.8) is 0 Å². The second-order valence-electron chi connectivity index (χ2n) is 5.25. The molecule has 6 heteroatoms. The van der Waals surface area contributed by atoms with Gasteiger partial charge in [0.25, 0.3) is 0 Å². The molecule has 118 valence electrons. The van der Waals surface area contributed by atoms with Crippen LogP contribution in [0.15, 0.2) is 39.4 Å². The summed E-state index contributed by atoms with van der Waals surface area (Å²) in [6, 6.07) is 7.93. The predicted octanol–water partition coefficient (Wildman–Crippen LogP) is 2.53. The Hall–Kier alpha value is -1.21. The molecule has 0 spiro atoms. The van der Waals surface area contributed by atoms with Crippen LogP contribution in [0.5, 0.6) is 0 Å². The van der Waals surface area contributed by atoms with E-state index in [0.717, 1.165) is 61.7 Å². The van der Waals surface area contributed by atoms with E-state index in [0.29, 0.717) is 5.89 Å². The van der Waals surface area contributed by atoms with E-state index < -0.39 is 0 Å². The Morgan fingerprint density at radius 1 is 1.23 bits per heavy atom. The van der Waals surface area contributed by atoms with Crippen LogP contribution in [-0.4, -0.2) is 49.3 Å². The molecule has 1 aliphatic heterocycles. The van der Waals surface area contributed by atoms with Crippen LogP contribution in [0.1, 0.15) is 5.69 Å². The Morgan fingerprint density at radius 2 is 2.05 bits per heavy atom. The average Bonchev–Trinajstić information content (AvgIpc) is 3.02. The molecule has 0 saturated carbocycles. The molecule has 1 fully saturated rings. The molecular weight excluding hydrogens is 346 g/mol. The molecule has 1 aromatic heterocycles. The van der Waals surface area contributed by atoms with E-state index >= 15 is 0 Å². The minimum absolute atomic E-state index is 0.650. The Balaban J connectivity index is 1.47. The monoisotopic (exact) mass is 365 g/mol. The number of halogens is 1. The quantitative estimate of drug-likeness (QED) is 0.797. The van der Waals surface area contributed by atoms with Gasteiger partial charge >= 0.3 is 0 Å². The maximum Gasteiger partial charge on any atom is 0.227 e. The molecule has 0 radical (unpaired) electrons. The van der Waals surface area contributed by atoms with E-state index in [1.165, 1.54) is 0 Å². The molecule has 22 heavy (non-hydrogen) atoms. The minimum atomic E-state index is 0.650. The molecule has 3 rings (SSSR count). The van der Waals surface area contributed by atoms with E-state index in [2.05, 4.69) is 31.1 Å². The van der Waals surface area contributed by atoms with Gasteiger partial charge in [-0.2, -0.15) is 0 Å². The van der Waals surface area contributed by atoms with Crippen LogP contribution in [0.4, 0.5) is 0 Å². The van der Waals surface area contributed by atoms with Crippen molar-refractivity contribution in [3.8, 4) is 11.5 Å². The van der Waals surface area contributed by atoms with E-state index in [1.54, 1.807) is 6.26 Å². The number of ether oxygens (including phenoxy) is 1. The van der Waals surface area contributed by atoms with Crippen molar-refractivity contribution in [1.29, 1.82) is 0 Å². The molecule has 1 aromatic carbocycles. The van der Waals surface area contributed by atoms with Crippen molar-refractivity contribution in [1.82, 2.24) is 15.2 Å². The Labute approximate surface area is 138 Å². The third-order valence-corrected chi connectivity index (χ3v) is 4.36. The highest BCUT2D eigenvalue weighted by Gasteiger charge is 2.11. The molecular formula is C16H20BrN3O2. The van der Waals surface area contributed by atoms with Gasteiger partial charge in [-0.3, -0.25) is 4.90 Å². The number of oxazole rings is 1. The van der Waals surface area contributed by atoms with Crippen LogP contribution in [0, 0.1) is 0 Å². The van der Waals surface area contributed by atoms with Crippen molar-refractivity contribution >= 4 is 15.9 Å². The van der Waals surface area contributed by atoms with Crippen molar-refractivity contribution < 1.29 is 9.15 Å². The number of morpholine rings is 1. The fourth-order valence-corrected chi connectivity index (χ4v) is 2.88. The van der Waals surface area contributed by atoms with Crippen molar-refractivity contribution in [2.45, 2.75) is 6.54 Å². The van der Waals surface area contributed by atoms with Crippen LogP contribution in [0.2, 0.25) is 0 Å². The van der Waals surface area contributed by atoms with Gasteiger partial charge in [-0.05, 0) is 28.1 Å². The summed E-state index contributed by atoms with van der Waals surface area (Å²) in [6.07, 6.45) is 1.72. The van der Waals surface area contributed by atoms with Crippen LogP contribution < -0.4 is 5.32 Å². The number of hydrogen-bond donors (Lipinski definition) is 1. The molecule has 2 heterocycles. The molecule has 0 unspecified atom stereocenters. The highest BCUT2D eigenvalue weighted by molar-refractivity contribution is 9.10. The summed E-state index contributed by atoms with van der Waals surface area (Å²) in [5.41, 5.74) is 1.90. The standard InChI is InChI=1S/C16H20BrN3O2/c17-15-4-2-1-3-14(15)16-19-13(12-22-16)11-18-5-6-20-7-9-21-10-8-20/h1-4,12,18H,5-11H2. The topological polar surface area (TPSA) is 50.5 Å². The summed E-state index contributed by atoms with van der Waals surface area (Å²) in [6.45, 7) is 6.45. The van der Waals surface area contributed by atoms with Gasteiger partial charge < -0.3 is 14.5 Å². The first kappa shape index (κ1) is 15.7. The molecule has 1 saturated heterocycles. The van der Waals surface area contributed by atoms with Gasteiger partial charge in [0.2, 0.25) is 5.89 Å². The fraction of sp³-hybridized carbons (Fsp3) is 0.438. The van der Waals surface area contributed by atoms with Crippen LogP contribution in [0.3, 0.4) is 0 Å². The lowest BCUT2D eigenvalue weighted by Gasteiger charge is -2.26. The van der Waals surface area contributed by atoms with Crippen LogP contribution in [-0.2, 0) is 11.3 Å². The summed E-state index contributed by atoms with van der Waals surface area (Å²) in [5.74, 6) is 0.650. The van der Waals surface area contributed by atoms with E-state index in [4.69, 9.17) is 9.15 Å². The summed E-state index contributed by atoms with van der Waals surface area (Å²) >= 11 is 3.52. The van der Waals surface area contributed by atoms with Gasteiger partial charge in [-0.1, -0.05) is 12.1 Å². The first-order valence-electron chi connectivity index (χ1n) is 7.53. The van der Waals surface area contributed by atoms with Crippen molar-refractivity contribution in [2.75, 3.05) is 39.4 Å². The normalized spacial score (nSPS) is 16.0. The summed E-state index contributed by atoms with van der Waals surface area (Å²) < 4.78 is 11.9. The maximum atomic E-state index is 5.57. The molecule has 1 N–H and O–H groups in total. The second kappa shape index (κ2) is 7.87. The average molecular weight is 366 g/mol. The lowest BCUT2D eigenvalue weighted by Crippen LogP contribution is -2.40. The second-order valence-corrected chi connectivity index (χ2v) is 6.11. The van der Waals surface area contributed by atoms with E-state index in [-0.39, 0.29) is 0 Å². The Bertz CT molecular complexity index is 597. The molecule has 1 aliphatic rings. The summed E-state index contributed by atoms with van der Waals surface area (Å²) in [4.78, 5) is 6.94. The Kier molecular flexibility index (Phi) is 5.61. The zero-order valence-electron chi connectivity index (χ0n) is 12.4. The molecule has 5 nitrogen and oxygen atoms in total.